The lowest BCUT2D eigenvalue weighted by molar-refractivity contribution is 0.420. The zero-order valence-corrected chi connectivity index (χ0v) is 7.23. The lowest BCUT2D eigenvalue weighted by atomic mass is 9.76. The van der Waals surface area contributed by atoms with Crippen LogP contribution in [0.25, 0.3) is 0 Å². The van der Waals surface area contributed by atoms with Crippen molar-refractivity contribution >= 4 is 30.3 Å². The molecule has 2 nitrogen and oxygen atoms in total. The standard InChI is InChI=1S/C6H7BCl2O2/c8-5-3-1-2-4(6(5)9)7(10)11/h2,10-11H,1,3H2. The minimum Gasteiger partial charge on any atom is -0.423 e. The molecule has 0 saturated carbocycles. The van der Waals surface area contributed by atoms with Crippen molar-refractivity contribution in [3.8, 4) is 0 Å². The highest BCUT2D eigenvalue weighted by atomic mass is 35.5. The van der Waals surface area contributed by atoms with Crippen LogP contribution in [0.1, 0.15) is 12.8 Å². The third kappa shape index (κ3) is 2.00. The first kappa shape index (κ1) is 9.14. The quantitative estimate of drug-likeness (QED) is 0.617. The van der Waals surface area contributed by atoms with Crippen LogP contribution in [0.2, 0.25) is 0 Å². The fourth-order valence-electron chi connectivity index (χ4n) is 0.929. The molecule has 0 atom stereocenters. The van der Waals surface area contributed by atoms with Gasteiger partial charge in [-0.1, -0.05) is 29.3 Å². The van der Waals surface area contributed by atoms with Crippen molar-refractivity contribution in [1.29, 1.82) is 0 Å². The SMILES string of the molecule is OB(O)C1=CCCC(Cl)=C1Cl. The minimum atomic E-state index is -1.52. The molecule has 0 aromatic heterocycles. The molecule has 0 aliphatic heterocycles. The van der Waals surface area contributed by atoms with Gasteiger partial charge in [0.1, 0.15) is 0 Å². The van der Waals surface area contributed by atoms with Gasteiger partial charge in [0.25, 0.3) is 0 Å². The van der Waals surface area contributed by atoms with Gasteiger partial charge in [-0.3, -0.25) is 0 Å². The second kappa shape index (κ2) is 3.63. The molecule has 2 N–H and O–H groups in total. The zero-order valence-electron chi connectivity index (χ0n) is 5.72. The first-order chi connectivity index (χ1) is 5.13. The molecule has 0 unspecified atom stereocenters. The molecule has 5 heteroatoms. The van der Waals surface area contributed by atoms with Gasteiger partial charge in [0.2, 0.25) is 0 Å². The fourth-order valence-corrected chi connectivity index (χ4v) is 1.42. The highest BCUT2D eigenvalue weighted by molar-refractivity contribution is 6.58. The molecule has 1 aliphatic carbocycles. The molecular weight excluding hydrogens is 186 g/mol. The van der Waals surface area contributed by atoms with Crippen LogP contribution in [0, 0.1) is 0 Å². The third-order valence-electron chi connectivity index (χ3n) is 1.50. The monoisotopic (exact) mass is 192 g/mol. The van der Waals surface area contributed by atoms with Gasteiger partial charge in [0.05, 0.1) is 5.03 Å². The summed E-state index contributed by atoms with van der Waals surface area (Å²) in [5.74, 6) is 0. The van der Waals surface area contributed by atoms with Crippen molar-refractivity contribution in [3.63, 3.8) is 0 Å². The average molecular weight is 193 g/mol. The van der Waals surface area contributed by atoms with Crippen molar-refractivity contribution in [2.75, 3.05) is 0 Å². The number of allylic oxidation sites excluding steroid dienone is 4. The summed E-state index contributed by atoms with van der Waals surface area (Å²) in [6.07, 6.45) is 3.07. The van der Waals surface area contributed by atoms with Gasteiger partial charge in [-0.25, -0.2) is 0 Å². The molecule has 0 aromatic carbocycles. The Morgan fingerprint density at radius 1 is 1.36 bits per heavy atom. The molecule has 0 amide bonds. The Bertz CT molecular complexity index is 223. The van der Waals surface area contributed by atoms with Gasteiger partial charge in [0, 0.05) is 5.03 Å². The molecule has 0 saturated heterocycles. The Kier molecular flexibility index (Phi) is 3.02. The fraction of sp³-hybridized carbons (Fsp3) is 0.333. The molecule has 1 aliphatic rings. The van der Waals surface area contributed by atoms with E-state index >= 15 is 0 Å². The molecule has 0 spiro atoms. The second-order valence-corrected chi connectivity index (χ2v) is 3.12. The molecule has 0 heterocycles. The van der Waals surface area contributed by atoms with Gasteiger partial charge in [-0.2, -0.15) is 0 Å². The van der Waals surface area contributed by atoms with Gasteiger partial charge >= 0.3 is 7.12 Å². The van der Waals surface area contributed by atoms with Crippen LogP contribution in [0.4, 0.5) is 0 Å². The maximum atomic E-state index is 8.78. The van der Waals surface area contributed by atoms with E-state index in [9.17, 15) is 0 Å². The van der Waals surface area contributed by atoms with Crippen LogP contribution in [0.3, 0.4) is 0 Å². The molecule has 0 bridgehead atoms. The normalized spacial score (nSPS) is 18.4. The molecule has 1 rings (SSSR count). The van der Waals surface area contributed by atoms with Gasteiger partial charge < -0.3 is 10.0 Å². The van der Waals surface area contributed by atoms with E-state index in [1.54, 1.807) is 6.08 Å². The largest absolute Gasteiger partial charge is 0.489 e. The zero-order chi connectivity index (χ0) is 8.43. The number of halogens is 2. The lowest BCUT2D eigenvalue weighted by Crippen LogP contribution is -2.17. The summed E-state index contributed by atoms with van der Waals surface area (Å²) in [7, 11) is -1.52. The second-order valence-electron chi connectivity index (χ2n) is 2.29. The van der Waals surface area contributed by atoms with E-state index in [-0.39, 0.29) is 5.03 Å². The van der Waals surface area contributed by atoms with E-state index in [2.05, 4.69) is 0 Å². The summed E-state index contributed by atoms with van der Waals surface area (Å²) in [6.45, 7) is 0. The number of hydrogen-bond donors (Lipinski definition) is 2. The van der Waals surface area contributed by atoms with Crippen LogP contribution < -0.4 is 0 Å². The Morgan fingerprint density at radius 2 is 2.00 bits per heavy atom. The Hall–Kier alpha value is 0.0449. The van der Waals surface area contributed by atoms with Crippen molar-refractivity contribution in [2.45, 2.75) is 12.8 Å². The van der Waals surface area contributed by atoms with Crippen LogP contribution in [0.5, 0.6) is 0 Å². The molecular formula is C6H7BCl2O2. The summed E-state index contributed by atoms with van der Waals surface area (Å²) in [5, 5.41) is 18.3. The minimum absolute atomic E-state index is 0.271. The summed E-state index contributed by atoms with van der Waals surface area (Å²) in [6, 6.07) is 0. The van der Waals surface area contributed by atoms with Crippen molar-refractivity contribution in [1.82, 2.24) is 0 Å². The Morgan fingerprint density at radius 3 is 2.45 bits per heavy atom. The summed E-state index contributed by atoms with van der Waals surface area (Å²) < 4.78 is 0. The molecule has 60 valence electrons. The van der Waals surface area contributed by atoms with Crippen molar-refractivity contribution in [3.05, 3.63) is 21.6 Å². The molecule has 0 radical (unpaired) electrons. The summed E-state index contributed by atoms with van der Waals surface area (Å²) in [4.78, 5) is 0. The van der Waals surface area contributed by atoms with Crippen LogP contribution in [0.15, 0.2) is 21.6 Å². The predicted molar refractivity (Wildman–Crippen MR) is 46.2 cm³/mol. The Labute approximate surface area is 75.3 Å². The van der Waals surface area contributed by atoms with E-state index in [0.29, 0.717) is 23.3 Å². The highest BCUT2D eigenvalue weighted by Gasteiger charge is 2.22. The van der Waals surface area contributed by atoms with Gasteiger partial charge in [-0.05, 0) is 18.3 Å². The van der Waals surface area contributed by atoms with Gasteiger partial charge in [-0.15, -0.1) is 0 Å². The first-order valence-electron chi connectivity index (χ1n) is 3.23. The van der Waals surface area contributed by atoms with E-state index in [4.69, 9.17) is 33.2 Å². The Balaban J connectivity index is 2.89. The van der Waals surface area contributed by atoms with Crippen LogP contribution in [-0.2, 0) is 0 Å². The highest BCUT2D eigenvalue weighted by Crippen LogP contribution is 2.30. The maximum absolute atomic E-state index is 8.78. The summed E-state index contributed by atoms with van der Waals surface area (Å²) in [5.41, 5.74) is 0.308. The van der Waals surface area contributed by atoms with Crippen LogP contribution >= 0.6 is 23.2 Å². The van der Waals surface area contributed by atoms with E-state index in [0.717, 1.165) is 0 Å². The number of rotatable bonds is 1. The molecule has 0 fully saturated rings. The van der Waals surface area contributed by atoms with E-state index in [1.807, 2.05) is 0 Å². The lowest BCUT2D eigenvalue weighted by Gasteiger charge is -2.12. The average Bonchev–Trinajstić information content (AvgIpc) is 1.94. The van der Waals surface area contributed by atoms with E-state index < -0.39 is 7.12 Å². The maximum Gasteiger partial charge on any atom is 0.489 e. The topological polar surface area (TPSA) is 40.5 Å². The van der Waals surface area contributed by atoms with Crippen molar-refractivity contribution in [2.24, 2.45) is 0 Å². The van der Waals surface area contributed by atoms with Crippen LogP contribution in [-0.4, -0.2) is 17.2 Å². The van der Waals surface area contributed by atoms with Crippen molar-refractivity contribution < 1.29 is 10.0 Å². The molecule has 0 aromatic rings. The third-order valence-corrected chi connectivity index (χ3v) is 2.42. The smallest absolute Gasteiger partial charge is 0.423 e. The molecule has 11 heavy (non-hydrogen) atoms. The predicted octanol–water partition coefficient (Wildman–Crippen LogP) is 1.41. The van der Waals surface area contributed by atoms with Gasteiger partial charge in [0.15, 0.2) is 0 Å². The van der Waals surface area contributed by atoms with E-state index in [1.165, 1.54) is 0 Å². The first-order valence-corrected chi connectivity index (χ1v) is 3.99. The number of hydrogen-bond acceptors (Lipinski definition) is 2. The summed E-state index contributed by atoms with van der Waals surface area (Å²) >= 11 is 11.4.